The van der Waals surface area contributed by atoms with Gasteiger partial charge in [-0.25, -0.2) is 4.98 Å². The third kappa shape index (κ3) is 3.19. The number of amides is 1. The fourth-order valence-corrected chi connectivity index (χ4v) is 2.24. The van der Waals surface area contributed by atoms with Crippen LogP contribution in [0.2, 0.25) is 0 Å². The second kappa shape index (κ2) is 6.14. The standard InChI is InChI=1S/C14H13N3OS/c1-10-13(19-9-16-10)14(18)17-12-7-3-2-5-11(12)6-4-8-15/h2-3,5,7,9H,8,15H2,1H3,(H,17,18). The van der Waals surface area contributed by atoms with E-state index in [4.69, 9.17) is 5.73 Å². The average molecular weight is 271 g/mol. The Kier molecular flexibility index (Phi) is 4.29. The predicted octanol–water partition coefficient (Wildman–Crippen LogP) is 2.01. The lowest BCUT2D eigenvalue weighted by Crippen LogP contribution is -2.12. The molecule has 0 saturated carbocycles. The summed E-state index contributed by atoms with van der Waals surface area (Å²) < 4.78 is 0. The second-order valence-electron chi connectivity index (χ2n) is 3.77. The van der Waals surface area contributed by atoms with Crippen molar-refractivity contribution >= 4 is 22.9 Å². The summed E-state index contributed by atoms with van der Waals surface area (Å²) in [5, 5.41) is 2.85. The molecule has 1 heterocycles. The first-order valence-corrected chi connectivity index (χ1v) is 6.59. The SMILES string of the molecule is Cc1ncsc1C(=O)Nc1ccccc1C#CCN. The maximum absolute atomic E-state index is 12.1. The summed E-state index contributed by atoms with van der Waals surface area (Å²) in [7, 11) is 0. The number of aromatic nitrogens is 1. The molecule has 2 aromatic rings. The number of para-hydroxylation sites is 1. The van der Waals surface area contributed by atoms with Crippen LogP contribution < -0.4 is 11.1 Å². The molecule has 1 amide bonds. The van der Waals surface area contributed by atoms with Gasteiger partial charge in [-0.2, -0.15) is 0 Å². The van der Waals surface area contributed by atoms with Crippen molar-refractivity contribution in [3.63, 3.8) is 0 Å². The van der Waals surface area contributed by atoms with E-state index >= 15 is 0 Å². The molecule has 0 aliphatic heterocycles. The molecule has 1 aromatic heterocycles. The Morgan fingerprint density at radius 2 is 2.26 bits per heavy atom. The maximum atomic E-state index is 12.1. The van der Waals surface area contributed by atoms with Gasteiger partial charge in [-0.1, -0.05) is 24.0 Å². The Labute approximate surface area is 115 Å². The zero-order chi connectivity index (χ0) is 13.7. The van der Waals surface area contributed by atoms with Crippen molar-refractivity contribution in [3.05, 3.63) is 45.9 Å². The highest BCUT2D eigenvalue weighted by atomic mass is 32.1. The monoisotopic (exact) mass is 271 g/mol. The zero-order valence-corrected chi connectivity index (χ0v) is 11.3. The van der Waals surface area contributed by atoms with Gasteiger partial charge in [0, 0.05) is 5.56 Å². The summed E-state index contributed by atoms with van der Waals surface area (Å²) in [5.74, 6) is 5.55. The lowest BCUT2D eigenvalue weighted by Gasteiger charge is -2.06. The van der Waals surface area contributed by atoms with Crippen molar-refractivity contribution in [1.82, 2.24) is 4.98 Å². The number of nitrogens with zero attached hydrogens (tertiary/aromatic N) is 1. The van der Waals surface area contributed by atoms with Crippen molar-refractivity contribution in [3.8, 4) is 11.8 Å². The van der Waals surface area contributed by atoms with Crippen molar-refractivity contribution < 1.29 is 4.79 Å². The number of carbonyl (C=O) groups excluding carboxylic acids is 1. The number of nitrogens with one attached hydrogen (secondary N) is 1. The first-order chi connectivity index (χ1) is 9.22. The summed E-state index contributed by atoms with van der Waals surface area (Å²) in [6.07, 6.45) is 0. The fourth-order valence-electron chi connectivity index (χ4n) is 1.55. The molecule has 0 unspecified atom stereocenters. The van der Waals surface area contributed by atoms with Crippen LogP contribution >= 0.6 is 11.3 Å². The molecule has 0 aliphatic carbocycles. The van der Waals surface area contributed by atoms with Gasteiger partial charge in [0.25, 0.3) is 5.91 Å². The van der Waals surface area contributed by atoms with Gasteiger partial charge in [-0.15, -0.1) is 11.3 Å². The van der Waals surface area contributed by atoms with Crippen LogP contribution in [-0.2, 0) is 0 Å². The Hall–Kier alpha value is -2.16. The number of carbonyl (C=O) groups is 1. The molecule has 4 nitrogen and oxygen atoms in total. The minimum absolute atomic E-state index is 0.165. The van der Waals surface area contributed by atoms with E-state index in [0.717, 1.165) is 11.3 Å². The van der Waals surface area contributed by atoms with Crippen molar-refractivity contribution in [2.45, 2.75) is 6.92 Å². The lowest BCUT2D eigenvalue weighted by molar-refractivity contribution is 0.103. The van der Waals surface area contributed by atoms with Crippen LogP contribution in [-0.4, -0.2) is 17.4 Å². The normalized spacial score (nSPS) is 9.58. The van der Waals surface area contributed by atoms with E-state index in [-0.39, 0.29) is 12.5 Å². The molecule has 1 aromatic carbocycles. The summed E-state index contributed by atoms with van der Waals surface area (Å²) in [4.78, 5) is 16.8. The van der Waals surface area contributed by atoms with Crippen LogP contribution in [0.4, 0.5) is 5.69 Å². The largest absolute Gasteiger partial charge is 0.320 e. The van der Waals surface area contributed by atoms with Gasteiger partial charge in [0.1, 0.15) is 4.88 Å². The first-order valence-electron chi connectivity index (χ1n) is 5.71. The van der Waals surface area contributed by atoms with Gasteiger partial charge < -0.3 is 11.1 Å². The Morgan fingerprint density at radius 3 is 2.95 bits per heavy atom. The van der Waals surface area contributed by atoms with Gasteiger partial charge in [0.2, 0.25) is 0 Å². The number of aryl methyl sites for hydroxylation is 1. The molecule has 0 atom stereocenters. The molecule has 0 fully saturated rings. The van der Waals surface area contributed by atoms with Gasteiger partial charge >= 0.3 is 0 Å². The van der Waals surface area contributed by atoms with Crippen LogP contribution in [0.15, 0.2) is 29.8 Å². The highest BCUT2D eigenvalue weighted by Crippen LogP contribution is 2.18. The summed E-state index contributed by atoms with van der Waals surface area (Å²) >= 11 is 1.32. The lowest BCUT2D eigenvalue weighted by atomic mass is 10.2. The molecule has 2 rings (SSSR count). The Bertz CT molecular complexity index is 652. The number of hydrogen-bond acceptors (Lipinski definition) is 4. The molecule has 0 saturated heterocycles. The van der Waals surface area contributed by atoms with Gasteiger partial charge in [-0.05, 0) is 19.1 Å². The number of anilines is 1. The number of nitrogens with two attached hydrogens (primary N) is 1. The predicted molar refractivity (Wildman–Crippen MR) is 77.2 cm³/mol. The molecule has 19 heavy (non-hydrogen) atoms. The molecule has 0 aliphatic rings. The van der Waals surface area contributed by atoms with Gasteiger partial charge in [0.05, 0.1) is 23.4 Å². The minimum Gasteiger partial charge on any atom is -0.320 e. The minimum atomic E-state index is -0.165. The molecule has 0 bridgehead atoms. The highest BCUT2D eigenvalue weighted by Gasteiger charge is 2.12. The molecule has 0 spiro atoms. The second-order valence-corrected chi connectivity index (χ2v) is 4.63. The summed E-state index contributed by atoms with van der Waals surface area (Å²) in [6.45, 7) is 2.10. The van der Waals surface area contributed by atoms with E-state index in [1.54, 1.807) is 5.51 Å². The zero-order valence-electron chi connectivity index (χ0n) is 10.4. The quantitative estimate of drug-likeness (QED) is 0.821. The van der Waals surface area contributed by atoms with Crippen molar-refractivity contribution in [1.29, 1.82) is 0 Å². The van der Waals surface area contributed by atoms with Crippen LogP contribution in [0.3, 0.4) is 0 Å². The molecular weight excluding hydrogens is 258 g/mol. The topological polar surface area (TPSA) is 68.0 Å². The Morgan fingerprint density at radius 1 is 1.47 bits per heavy atom. The third-order valence-corrected chi connectivity index (χ3v) is 3.38. The fraction of sp³-hybridized carbons (Fsp3) is 0.143. The van der Waals surface area contributed by atoms with E-state index < -0.39 is 0 Å². The smallest absolute Gasteiger partial charge is 0.267 e. The van der Waals surface area contributed by atoms with Crippen LogP contribution in [0.1, 0.15) is 20.9 Å². The summed E-state index contributed by atoms with van der Waals surface area (Å²) in [6, 6.07) is 7.38. The van der Waals surface area contributed by atoms with Gasteiger partial charge in [0.15, 0.2) is 0 Å². The third-order valence-electron chi connectivity index (χ3n) is 2.45. The molecule has 96 valence electrons. The van der Waals surface area contributed by atoms with Crippen LogP contribution in [0.25, 0.3) is 0 Å². The molecular formula is C14H13N3OS. The molecule has 0 radical (unpaired) electrons. The van der Waals surface area contributed by atoms with E-state index in [2.05, 4.69) is 22.1 Å². The number of benzene rings is 1. The maximum Gasteiger partial charge on any atom is 0.267 e. The Balaban J connectivity index is 2.24. The van der Waals surface area contributed by atoms with E-state index in [9.17, 15) is 4.79 Å². The van der Waals surface area contributed by atoms with Crippen LogP contribution in [0.5, 0.6) is 0 Å². The van der Waals surface area contributed by atoms with E-state index in [1.165, 1.54) is 11.3 Å². The van der Waals surface area contributed by atoms with Crippen LogP contribution in [0, 0.1) is 18.8 Å². The molecule has 3 N–H and O–H groups in total. The number of thiazole rings is 1. The number of hydrogen-bond donors (Lipinski definition) is 2. The van der Waals surface area contributed by atoms with Crippen molar-refractivity contribution in [2.24, 2.45) is 5.73 Å². The summed E-state index contributed by atoms with van der Waals surface area (Å²) in [5.41, 5.74) is 9.18. The highest BCUT2D eigenvalue weighted by molar-refractivity contribution is 7.12. The first kappa shape index (κ1) is 13.3. The van der Waals surface area contributed by atoms with E-state index in [1.807, 2.05) is 31.2 Å². The molecule has 5 heteroatoms. The van der Waals surface area contributed by atoms with E-state index in [0.29, 0.717) is 10.6 Å². The average Bonchev–Trinajstić information content (AvgIpc) is 2.84. The number of rotatable bonds is 2. The van der Waals surface area contributed by atoms with Gasteiger partial charge in [-0.3, -0.25) is 4.79 Å². The van der Waals surface area contributed by atoms with Crippen molar-refractivity contribution in [2.75, 3.05) is 11.9 Å².